The Balaban J connectivity index is 3.08. The second kappa shape index (κ2) is 6.54. The molecule has 1 aromatic carbocycles. The van der Waals surface area contributed by atoms with Gasteiger partial charge in [-0.2, -0.15) is 0 Å². The van der Waals surface area contributed by atoms with Crippen molar-refractivity contribution in [3.63, 3.8) is 0 Å². The van der Waals surface area contributed by atoms with E-state index in [2.05, 4.69) is 0 Å². The van der Waals surface area contributed by atoms with E-state index in [1.165, 1.54) is 0 Å². The number of benzene rings is 1. The molecular formula is C13H15F3O2. The van der Waals surface area contributed by atoms with E-state index in [1.807, 2.05) is 6.92 Å². The third-order valence-corrected chi connectivity index (χ3v) is 2.44. The molecular weight excluding hydrogens is 245 g/mol. The maximum Gasteiger partial charge on any atom is 0.194 e. The van der Waals surface area contributed by atoms with Crippen LogP contribution in [-0.4, -0.2) is 12.4 Å². The van der Waals surface area contributed by atoms with Crippen LogP contribution in [0, 0.1) is 17.5 Å². The van der Waals surface area contributed by atoms with Crippen LogP contribution in [0.1, 0.15) is 38.4 Å². The quantitative estimate of drug-likeness (QED) is 0.731. The Kier molecular flexibility index (Phi) is 5.34. The molecule has 5 heteroatoms. The molecule has 1 aromatic rings. The van der Waals surface area contributed by atoms with Gasteiger partial charge in [-0.25, -0.2) is 13.2 Å². The van der Waals surface area contributed by atoms with E-state index in [9.17, 15) is 18.0 Å². The summed E-state index contributed by atoms with van der Waals surface area (Å²) in [6.07, 6.45) is -0.200. The first-order chi connectivity index (χ1) is 8.51. The smallest absolute Gasteiger partial charge is 0.194 e. The molecule has 0 aliphatic heterocycles. The molecule has 0 spiro atoms. The Labute approximate surface area is 104 Å². The molecule has 0 bridgehead atoms. The van der Waals surface area contributed by atoms with Crippen LogP contribution in [0.3, 0.4) is 0 Å². The van der Waals surface area contributed by atoms with Gasteiger partial charge in [0.25, 0.3) is 0 Å². The van der Waals surface area contributed by atoms with Gasteiger partial charge in [-0.1, -0.05) is 13.8 Å². The van der Waals surface area contributed by atoms with E-state index in [0.717, 1.165) is 12.1 Å². The number of carbonyl (C=O) groups is 1. The Morgan fingerprint density at radius 1 is 1.22 bits per heavy atom. The van der Waals surface area contributed by atoms with Gasteiger partial charge in [-0.15, -0.1) is 0 Å². The highest BCUT2D eigenvalue weighted by Gasteiger charge is 2.22. The maximum atomic E-state index is 13.1. The molecule has 0 fully saturated rings. The standard InChI is InChI=1S/C13H15F3O2/c1-3-5-18-13(11(17)4-2)8-6-9(14)12(16)10(15)7-8/h6-7,13H,3-5H2,1-2H3. The molecule has 0 saturated carbocycles. The molecule has 1 unspecified atom stereocenters. The average Bonchev–Trinajstić information content (AvgIpc) is 2.35. The highest BCUT2D eigenvalue weighted by Crippen LogP contribution is 2.24. The van der Waals surface area contributed by atoms with Gasteiger partial charge in [0.1, 0.15) is 6.10 Å². The number of hydrogen-bond acceptors (Lipinski definition) is 2. The Morgan fingerprint density at radius 2 is 1.78 bits per heavy atom. The lowest BCUT2D eigenvalue weighted by Gasteiger charge is -2.16. The lowest BCUT2D eigenvalue weighted by molar-refractivity contribution is -0.130. The van der Waals surface area contributed by atoms with Gasteiger partial charge in [0, 0.05) is 13.0 Å². The van der Waals surface area contributed by atoms with Crippen LogP contribution in [-0.2, 0) is 9.53 Å². The van der Waals surface area contributed by atoms with Crippen molar-refractivity contribution in [1.29, 1.82) is 0 Å². The van der Waals surface area contributed by atoms with E-state index in [1.54, 1.807) is 6.92 Å². The largest absolute Gasteiger partial charge is 0.366 e. The molecule has 1 rings (SSSR count). The monoisotopic (exact) mass is 260 g/mol. The van der Waals surface area contributed by atoms with Crippen LogP contribution in [0.25, 0.3) is 0 Å². The van der Waals surface area contributed by atoms with Gasteiger partial charge >= 0.3 is 0 Å². The molecule has 0 N–H and O–H groups in total. The van der Waals surface area contributed by atoms with Gasteiger partial charge < -0.3 is 4.74 Å². The third-order valence-electron chi connectivity index (χ3n) is 2.44. The molecule has 18 heavy (non-hydrogen) atoms. The van der Waals surface area contributed by atoms with Crippen LogP contribution in [0.2, 0.25) is 0 Å². The second-order valence-electron chi connectivity index (χ2n) is 3.87. The SMILES string of the molecule is CCCOC(C(=O)CC)c1cc(F)c(F)c(F)c1. The fourth-order valence-electron chi connectivity index (χ4n) is 1.52. The summed E-state index contributed by atoms with van der Waals surface area (Å²) in [4.78, 5) is 11.7. The summed E-state index contributed by atoms with van der Waals surface area (Å²) in [5.41, 5.74) is 0.00620. The molecule has 0 aliphatic rings. The Hall–Kier alpha value is -1.36. The molecule has 100 valence electrons. The van der Waals surface area contributed by atoms with Crippen LogP contribution in [0.15, 0.2) is 12.1 Å². The number of hydrogen-bond donors (Lipinski definition) is 0. The van der Waals surface area contributed by atoms with Crippen molar-refractivity contribution in [2.75, 3.05) is 6.61 Å². The molecule has 0 aromatic heterocycles. The van der Waals surface area contributed by atoms with Gasteiger partial charge in [-0.05, 0) is 24.1 Å². The number of rotatable bonds is 6. The van der Waals surface area contributed by atoms with E-state index in [-0.39, 0.29) is 24.4 Å². The van der Waals surface area contributed by atoms with Gasteiger partial charge in [0.15, 0.2) is 23.2 Å². The summed E-state index contributed by atoms with van der Waals surface area (Å²) in [7, 11) is 0. The summed E-state index contributed by atoms with van der Waals surface area (Å²) in [6.45, 7) is 3.76. The number of carbonyl (C=O) groups excluding carboxylic acids is 1. The van der Waals surface area contributed by atoms with Gasteiger partial charge in [0.2, 0.25) is 0 Å². The minimum atomic E-state index is -1.54. The topological polar surface area (TPSA) is 26.3 Å². The van der Waals surface area contributed by atoms with E-state index >= 15 is 0 Å². The summed E-state index contributed by atoms with van der Waals surface area (Å²) in [5, 5.41) is 0. The first kappa shape index (κ1) is 14.7. The summed E-state index contributed by atoms with van der Waals surface area (Å²) in [6, 6.07) is 1.60. The number of ketones is 1. The fourth-order valence-corrected chi connectivity index (χ4v) is 1.52. The molecule has 0 radical (unpaired) electrons. The van der Waals surface area contributed by atoms with Gasteiger partial charge in [0.05, 0.1) is 0 Å². The average molecular weight is 260 g/mol. The first-order valence-electron chi connectivity index (χ1n) is 5.80. The molecule has 0 amide bonds. The number of Topliss-reactive ketones (excluding diaryl/α,β-unsaturated/α-hetero) is 1. The molecule has 0 heterocycles. The zero-order chi connectivity index (χ0) is 13.7. The Bertz CT molecular complexity index is 409. The number of ether oxygens (including phenoxy) is 1. The van der Waals surface area contributed by atoms with Crippen LogP contribution in [0.5, 0.6) is 0 Å². The van der Waals surface area contributed by atoms with Crippen molar-refractivity contribution < 1.29 is 22.7 Å². The van der Waals surface area contributed by atoms with Crippen molar-refractivity contribution in [2.45, 2.75) is 32.8 Å². The lowest BCUT2D eigenvalue weighted by Crippen LogP contribution is -2.16. The lowest BCUT2D eigenvalue weighted by atomic mass is 10.0. The summed E-state index contributed by atoms with van der Waals surface area (Å²) in [5.74, 6) is -4.48. The number of halogens is 3. The fraction of sp³-hybridized carbons (Fsp3) is 0.462. The van der Waals surface area contributed by atoms with E-state index in [4.69, 9.17) is 4.74 Å². The van der Waals surface area contributed by atoms with E-state index in [0.29, 0.717) is 6.42 Å². The minimum Gasteiger partial charge on any atom is -0.366 e. The zero-order valence-electron chi connectivity index (χ0n) is 10.3. The molecule has 0 saturated heterocycles. The highest BCUT2D eigenvalue weighted by molar-refractivity contribution is 5.84. The van der Waals surface area contributed by atoms with Crippen molar-refractivity contribution in [3.8, 4) is 0 Å². The van der Waals surface area contributed by atoms with Crippen molar-refractivity contribution in [3.05, 3.63) is 35.1 Å². The third kappa shape index (κ3) is 3.32. The van der Waals surface area contributed by atoms with E-state index < -0.39 is 23.6 Å². The minimum absolute atomic E-state index is 0.00620. The second-order valence-corrected chi connectivity index (χ2v) is 3.87. The zero-order valence-corrected chi connectivity index (χ0v) is 10.3. The summed E-state index contributed by atoms with van der Waals surface area (Å²) >= 11 is 0. The summed E-state index contributed by atoms with van der Waals surface area (Å²) < 4.78 is 44.3. The predicted molar refractivity (Wildman–Crippen MR) is 60.6 cm³/mol. The van der Waals surface area contributed by atoms with Crippen molar-refractivity contribution in [2.24, 2.45) is 0 Å². The van der Waals surface area contributed by atoms with Crippen LogP contribution >= 0.6 is 0 Å². The van der Waals surface area contributed by atoms with Crippen molar-refractivity contribution >= 4 is 5.78 Å². The Morgan fingerprint density at radius 3 is 2.22 bits per heavy atom. The molecule has 1 atom stereocenters. The van der Waals surface area contributed by atoms with Crippen LogP contribution in [0.4, 0.5) is 13.2 Å². The normalized spacial score (nSPS) is 12.5. The maximum absolute atomic E-state index is 13.1. The molecule has 2 nitrogen and oxygen atoms in total. The highest BCUT2D eigenvalue weighted by atomic mass is 19.2. The predicted octanol–water partition coefficient (Wildman–Crippen LogP) is 3.55. The molecule has 0 aliphatic carbocycles. The van der Waals surface area contributed by atoms with Crippen molar-refractivity contribution in [1.82, 2.24) is 0 Å². The van der Waals surface area contributed by atoms with Crippen LogP contribution < -0.4 is 0 Å². The van der Waals surface area contributed by atoms with Gasteiger partial charge in [-0.3, -0.25) is 4.79 Å². The first-order valence-corrected chi connectivity index (χ1v) is 5.80.